The summed E-state index contributed by atoms with van der Waals surface area (Å²) in [6.45, 7) is 7.28. The number of rotatable bonds is 8. The molecule has 0 aromatic carbocycles. The molecule has 3 N–H and O–H groups in total. The molecule has 1 atom stereocenters. The van der Waals surface area contributed by atoms with Crippen molar-refractivity contribution in [1.82, 2.24) is 13.9 Å². The summed E-state index contributed by atoms with van der Waals surface area (Å²) in [7, 11) is -1.30. The fourth-order valence-electron chi connectivity index (χ4n) is 2.36. The number of nitrogens with two attached hydrogens (primary N) is 1. The van der Waals surface area contributed by atoms with Crippen LogP contribution in [0.1, 0.15) is 33.1 Å². The molecular weight excluding hydrogens is 276 g/mol. The van der Waals surface area contributed by atoms with E-state index in [4.69, 9.17) is 5.73 Å². The molecule has 0 aromatic rings. The summed E-state index contributed by atoms with van der Waals surface area (Å²) < 4.78 is 28.6. The van der Waals surface area contributed by atoms with Crippen molar-refractivity contribution < 1.29 is 8.42 Å². The van der Waals surface area contributed by atoms with Gasteiger partial charge in [0.1, 0.15) is 0 Å². The highest BCUT2D eigenvalue weighted by Crippen LogP contribution is 2.17. The molecule has 1 saturated heterocycles. The maximum atomic E-state index is 12.2. The van der Waals surface area contributed by atoms with Gasteiger partial charge >= 0.3 is 0 Å². The number of nitrogens with zero attached hydrogens (tertiary/aromatic N) is 2. The van der Waals surface area contributed by atoms with Gasteiger partial charge in [-0.1, -0.05) is 6.92 Å². The van der Waals surface area contributed by atoms with Crippen molar-refractivity contribution in [1.29, 1.82) is 0 Å². The van der Waals surface area contributed by atoms with E-state index in [0.717, 1.165) is 25.8 Å². The Labute approximate surface area is 123 Å². The van der Waals surface area contributed by atoms with Gasteiger partial charge in [0.2, 0.25) is 0 Å². The third-order valence-electron chi connectivity index (χ3n) is 4.34. The zero-order chi connectivity index (χ0) is 15.2. The first-order chi connectivity index (χ1) is 9.40. The van der Waals surface area contributed by atoms with Crippen LogP contribution in [0, 0.1) is 5.92 Å². The maximum Gasteiger partial charge on any atom is 0.279 e. The first-order valence-corrected chi connectivity index (χ1v) is 8.99. The van der Waals surface area contributed by atoms with Gasteiger partial charge in [-0.05, 0) is 45.7 Å². The summed E-state index contributed by atoms with van der Waals surface area (Å²) in [5.74, 6) is 0.470. The fraction of sp³-hybridized carbons (Fsp3) is 1.00. The summed E-state index contributed by atoms with van der Waals surface area (Å²) in [5, 5.41) is 0. The lowest BCUT2D eigenvalue weighted by molar-refractivity contribution is 0.252. The Balaban J connectivity index is 2.35. The van der Waals surface area contributed by atoms with Crippen LogP contribution < -0.4 is 10.5 Å². The summed E-state index contributed by atoms with van der Waals surface area (Å²) in [5.41, 5.74) is 5.62. The first-order valence-electron chi connectivity index (χ1n) is 7.55. The zero-order valence-corrected chi connectivity index (χ0v) is 13.8. The van der Waals surface area contributed by atoms with E-state index in [1.807, 2.05) is 7.05 Å². The highest BCUT2D eigenvalue weighted by Gasteiger charge is 2.27. The number of hydrogen-bond acceptors (Lipinski definition) is 4. The molecule has 1 fully saturated rings. The summed E-state index contributed by atoms with van der Waals surface area (Å²) >= 11 is 0. The molecule has 7 heteroatoms. The highest BCUT2D eigenvalue weighted by molar-refractivity contribution is 7.87. The number of piperidine rings is 1. The molecule has 20 heavy (non-hydrogen) atoms. The molecule has 1 aliphatic heterocycles. The van der Waals surface area contributed by atoms with Crippen molar-refractivity contribution in [2.45, 2.75) is 39.2 Å². The third-order valence-corrected chi connectivity index (χ3v) is 5.95. The van der Waals surface area contributed by atoms with Crippen molar-refractivity contribution >= 4 is 10.2 Å². The quantitative estimate of drug-likeness (QED) is 0.672. The van der Waals surface area contributed by atoms with Gasteiger partial charge in [-0.2, -0.15) is 12.7 Å². The topological polar surface area (TPSA) is 78.7 Å². The van der Waals surface area contributed by atoms with E-state index in [2.05, 4.69) is 23.5 Å². The van der Waals surface area contributed by atoms with Gasteiger partial charge in [0.25, 0.3) is 10.2 Å². The zero-order valence-electron chi connectivity index (χ0n) is 13.0. The molecule has 0 saturated carbocycles. The number of likely N-dealkylation sites (N-methyl/N-ethyl adjacent to an activating group) is 1. The van der Waals surface area contributed by atoms with E-state index in [1.165, 1.54) is 0 Å². The molecule has 1 unspecified atom stereocenters. The van der Waals surface area contributed by atoms with Crippen LogP contribution in [-0.4, -0.2) is 63.4 Å². The molecule has 1 aliphatic rings. The average Bonchev–Trinajstić information content (AvgIpc) is 2.46. The van der Waals surface area contributed by atoms with E-state index in [0.29, 0.717) is 38.1 Å². The molecule has 0 aliphatic carbocycles. The predicted molar refractivity (Wildman–Crippen MR) is 82.7 cm³/mol. The van der Waals surface area contributed by atoms with E-state index in [1.54, 1.807) is 4.31 Å². The van der Waals surface area contributed by atoms with E-state index < -0.39 is 10.2 Å². The van der Waals surface area contributed by atoms with Gasteiger partial charge in [-0.3, -0.25) is 0 Å². The minimum absolute atomic E-state index is 0.458. The minimum Gasteiger partial charge on any atom is -0.330 e. The lowest BCUT2D eigenvalue weighted by atomic mass is 9.99. The lowest BCUT2D eigenvalue weighted by Crippen LogP contribution is -2.47. The van der Waals surface area contributed by atoms with Crippen molar-refractivity contribution in [3.63, 3.8) is 0 Å². The first kappa shape index (κ1) is 17.8. The van der Waals surface area contributed by atoms with Crippen LogP contribution in [0.5, 0.6) is 0 Å². The summed E-state index contributed by atoms with van der Waals surface area (Å²) in [6, 6.07) is 0.472. The lowest BCUT2D eigenvalue weighted by Gasteiger charge is -2.31. The van der Waals surface area contributed by atoms with Gasteiger partial charge in [0, 0.05) is 32.2 Å². The maximum absolute atomic E-state index is 12.2. The largest absolute Gasteiger partial charge is 0.330 e. The Kier molecular flexibility index (Phi) is 7.39. The molecule has 1 rings (SSSR count). The van der Waals surface area contributed by atoms with Gasteiger partial charge in [-0.25, -0.2) is 4.72 Å². The van der Waals surface area contributed by atoms with Crippen molar-refractivity contribution in [3.05, 3.63) is 0 Å². The molecule has 0 aromatic heterocycles. The number of nitrogens with one attached hydrogen (secondary N) is 1. The molecule has 120 valence electrons. The predicted octanol–water partition coefficient (Wildman–Crippen LogP) is 0.222. The molecular formula is C13H30N4O2S. The molecule has 6 nitrogen and oxygen atoms in total. The average molecular weight is 306 g/mol. The van der Waals surface area contributed by atoms with Gasteiger partial charge in [0.15, 0.2) is 0 Å². The Morgan fingerprint density at radius 2 is 2.00 bits per heavy atom. The van der Waals surface area contributed by atoms with E-state index in [9.17, 15) is 8.42 Å². The molecule has 1 heterocycles. The van der Waals surface area contributed by atoms with Crippen LogP contribution >= 0.6 is 0 Å². The monoisotopic (exact) mass is 306 g/mol. The van der Waals surface area contributed by atoms with Crippen LogP contribution in [-0.2, 0) is 10.2 Å². The van der Waals surface area contributed by atoms with Crippen molar-refractivity contribution in [2.75, 3.05) is 39.8 Å². The number of hydrogen-bond donors (Lipinski definition) is 2. The minimum atomic E-state index is -3.33. The van der Waals surface area contributed by atoms with Crippen LogP contribution in [0.3, 0.4) is 0 Å². The summed E-state index contributed by atoms with van der Waals surface area (Å²) in [4.78, 5) is 2.17. The van der Waals surface area contributed by atoms with E-state index in [-0.39, 0.29) is 0 Å². The molecule has 0 radical (unpaired) electrons. The van der Waals surface area contributed by atoms with Crippen LogP contribution in [0.2, 0.25) is 0 Å². The van der Waals surface area contributed by atoms with Crippen LogP contribution in [0.15, 0.2) is 0 Å². The summed E-state index contributed by atoms with van der Waals surface area (Å²) in [6.07, 6.45) is 2.80. The Morgan fingerprint density at radius 3 is 2.50 bits per heavy atom. The third kappa shape index (κ3) is 5.29. The Bertz CT molecular complexity index is 367. The van der Waals surface area contributed by atoms with Crippen LogP contribution in [0.25, 0.3) is 0 Å². The molecule has 0 bridgehead atoms. The smallest absolute Gasteiger partial charge is 0.279 e. The van der Waals surface area contributed by atoms with Crippen LogP contribution in [0.4, 0.5) is 0 Å². The Morgan fingerprint density at radius 1 is 1.40 bits per heavy atom. The fourth-order valence-corrected chi connectivity index (χ4v) is 3.58. The molecule has 0 amide bonds. The standard InChI is InChI=1S/C13H30N4O2S/c1-4-12(2)16(3)10-7-15-20(18,19)17-8-5-13(11-14)6-9-17/h12-13,15H,4-11,14H2,1-3H3. The van der Waals surface area contributed by atoms with Gasteiger partial charge < -0.3 is 10.6 Å². The second-order valence-electron chi connectivity index (χ2n) is 5.72. The van der Waals surface area contributed by atoms with Gasteiger partial charge in [-0.15, -0.1) is 0 Å². The second-order valence-corrected chi connectivity index (χ2v) is 7.47. The van der Waals surface area contributed by atoms with Crippen molar-refractivity contribution in [2.24, 2.45) is 11.7 Å². The van der Waals surface area contributed by atoms with E-state index >= 15 is 0 Å². The van der Waals surface area contributed by atoms with Gasteiger partial charge in [0.05, 0.1) is 0 Å². The molecule has 0 spiro atoms. The van der Waals surface area contributed by atoms with Crippen molar-refractivity contribution in [3.8, 4) is 0 Å². The Hall–Kier alpha value is -0.210. The second kappa shape index (κ2) is 8.29. The SMILES string of the molecule is CCC(C)N(C)CCNS(=O)(=O)N1CCC(CN)CC1. The normalized spacial score (nSPS) is 20.4. The highest BCUT2D eigenvalue weighted by atomic mass is 32.2.